The fourth-order valence-corrected chi connectivity index (χ4v) is 3.48. The highest BCUT2D eigenvalue weighted by atomic mass is 32.1. The van der Waals surface area contributed by atoms with E-state index in [2.05, 4.69) is 27.5 Å². The zero-order valence-corrected chi connectivity index (χ0v) is 12.3. The lowest BCUT2D eigenvalue weighted by molar-refractivity contribution is 0.459. The van der Waals surface area contributed by atoms with Gasteiger partial charge in [-0.2, -0.15) is 0 Å². The minimum atomic E-state index is 0.805. The van der Waals surface area contributed by atoms with Crippen LogP contribution in [0.25, 0.3) is 11.2 Å². The van der Waals surface area contributed by atoms with E-state index in [0.29, 0.717) is 0 Å². The largest absolute Gasteiger partial charge is 0.329 e. The maximum Gasteiger partial charge on any atom is 0.179 e. The third-order valence-electron chi connectivity index (χ3n) is 4.21. The van der Waals surface area contributed by atoms with Crippen molar-refractivity contribution in [1.29, 1.82) is 0 Å². The molecule has 102 valence electrons. The van der Waals surface area contributed by atoms with Crippen LogP contribution >= 0.6 is 12.2 Å². The van der Waals surface area contributed by atoms with Gasteiger partial charge in [0.25, 0.3) is 0 Å². The van der Waals surface area contributed by atoms with E-state index in [1.54, 1.807) is 0 Å². The summed E-state index contributed by atoms with van der Waals surface area (Å²) >= 11 is 5.41. The van der Waals surface area contributed by atoms with Crippen LogP contribution in [0.2, 0.25) is 0 Å². The van der Waals surface area contributed by atoms with Crippen LogP contribution in [0.1, 0.15) is 44.1 Å². The number of rotatable bonds is 4. The Kier molecular flexibility index (Phi) is 3.69. The molecular weight excluding hydrogens is 254 g/mol. The Hall–Kier alpha value is -1.16. The maximum atomic E-state index is 5.41. The van der Waals surface area contributed by atoms with Crippen molar-refractivity contribution in [3.05, 3.63) is 22.6 Å². The molecule has 3 nitrogen and oxygen atoms in total. The van der Waals surface area contributed by atoms with Gasteiger partial charge in [0.15, 0.2) is 10.4 Å². The highest BCUT2D eigenvalue weighted by Crippen LogP contribution is 2.28. The zero-order valence-electron chi connectivity index (χ0n) is 11.5. The van der Waals surface area contributed by atoms with Crippen LogP contribution in [0, 0.1) is 17.6 Å². The first-order chi connectivity index (χ1) is 9.24. The molecule has 3 rings (SSSR count). The second-order valence-corrected chi connectivity index (χ2v) is 6.15. The predicted octanol–water partition coefficient (Wildman–Crippen LogP) is 4.37. The number of H-pyrrole nitrogens is 1. The number of aromatic amines is 1. The second kappa shape index (κ2) is 5.45. The molecule has 0 atom stereocenters. The van der Waals surface area contributed by atoms with E-state index in [1.165, 1.54) is 44.1 Å². The topological polar surface area (TPSA) is 33.6 Å². The Morgan fingerprint density at radius 3 is 3.00 bits per heavy atom. The Bertz CT molecular complexity index is 620. The number of nitrogens with zero attached hydrogens (tertiary/aromatic N) is 2. The van der Waals surface area contributed by atoms with Crippen molar-refractivity contribution in [1.82, 2.24) is 14.5 Å². The number of pyridine rings is 1. The molecule has 1 aliphatic carbocycles. The van der Waals surface area contributed by atoms with Crippen molar-refractivity contribution in [2.75, 3.05) is 0 Å². The van der Waals surface area contributed by atoms with Crippen molar-refractivity contribution in [3.8, 4) is 0 Å². The summed E-state index contributed by atoms with van der Waals surface area (Å²) in [7, 11) is 0. The van der Waals surface area contributed by atoms with Gasteiger partial charge in [-0.05, 0) is 49.5 Å². The van der Waals surface area contributed by atoms with Gasteiger partial charge < -0.3 is 9.55 Å². The number of hydrogen-bond donors (Lipinski definition) is 1. The van der Waals surface area contributed by atoms with Crippen LogP contribution in [0.3, 0.4) is 0 Å². The molecule has 1 fully saturated rings. The summed E-state index contributed by atoms with van der Waals surface area (Å²) in [5, 5.41) is 0. The molecule has 1 saturated carbocycles. The average Bonchev–Trinajstić information content (AvgIpc) is 2.98. The normalized spacial score (nSPS) is 16.5. The number of imidazole rings is 1. The van der Waals surface area contributed by atoms with Gasteiger partial charge in [-0.3, -0.25) is 0 Å². The summed E-state index contributed by atoms with van der Waals surface area (Å²) in [5.74, 6) is 0.953. The van der Waals surface area contributed by atoms with Gasteiger partial charge >= 0.3 is 0 Å². The number of hydrogen-bond acceptors (Lipinski definition) is 2. The number of fused-ring (bicyclic) bond motifs is 1. The molecule has 1 N–H and O–H groups in total. The summed E-state index contributed by atoms with van der Waals surface area (Å²) in [5.41, 5.74) is 3.23. The van der Waals surface area contributed by atoms with Crippen LogP contribution in [0.4, 0.5) is 0 Å². The molecule has 0 aliphatic heterocycles. The zero-order chi connectivity index (χ0) is 13.2. The van der Waals surface area contributed by atoms with Gasteiger partial charge in [-0.1, -0.05) is 25.7 Å². The van der Waals surface area contributed by atoms with Crippen LogP contribution in [-0.2, 0) is 6.54 Å². The molecule has 1 aliphatic rings. The molecule has 19 heavy (non-hydrogen) atoms. The minimum Gasteiger partial charge on any atom is -0.329 e. The van der Waals surface area contributed by atoms with E-state index in [0.717, 1.165) is 28.4 Å². The van der Waals surface area contributed by atoms with Gasteiger partial charge in [0, 0.05) is 12.7 Å². The molecule has 0 spiro atoms. The van der Waals surface area contributed by atoms with Crippen molar-refractivity contribution < 1.29 is 0 Å². The molecule has 0 amide bonds. The standard InChI is InChI=1S/C15H21N3S/c1-11-9-13-14(16-10-11)18(15(19)17-13)8-4-7-12-5-2-3-6-12/h9-10,12H,2-8H2,1H3,(H,17,19). The van der Waals surface area contributed by atoms with E-state index < -0.39 is 0 Å². The first-order valence-corrected chi connectivity index (χ1v) is 7.70. The van der Waals surface area contributed by atoms with Gasteiger partial charge in [0.1, 0.15) is 0 Å². The SMILES string of the molecule is Cc1cnc2c(c1)[nH]c(=S)n2CCCC1CCCC1. The van der Waals surface area contributed by atoms with Crippen LogP contribution < -0.4 is 0 Å². The van der Waals surface area contributed by atoms with E-state index in [9.17, 15) is 0 Å². The minimum absolute atomic E-state index is 0.805. The van der Waals surface area contributed by atoms with Crippen molar-refractivity contribution >= 4 is 23.4 Å². The molecule has 2 heterocycles. The summed E-state index contributed by atoms with van der Waals surface area (Å²) in [6.07, 6.45) is 10.2. The van der Waals surface area contributed by atoms with Crippen molar-refractivity contribution in [3.63, 3.8) is 0 Å². The average molecular weight is 275 g/mol. The highest BCUT2D eigenvalue weighted by molar-refractivity contribution is 7.71. The Balaban J connectivity index is 1.73. The Morgan fingerprint density at radius 2 is 2.21 bits per heavy atom. The van der Waals surface area contributed by atoms with E-state index in [4.69, 9.17) is 12.2 Å². The van der Waals surface area contributed by atoms with Gasteiger partial charge in [-0.25, -0.2) is 4.98 Å². The van der Waals surface area contributed by atoms with Crippen molar-refractivity contribution in [2.24, 2.45) is 5.92 Å². The van der Waals surface area contributed by atoms with Crippen LogP contribution in [0.15, 0.2) is 12.3 Å². The number of aromatic nitrogens is 3. The Morgan fingerprint density at radius 1 is 1.42 bits per heavy atom. The summed E-state index contributed by atoms with van der Waals surface area (Å²) in [6, 6.07) is 2.12. The van der Waals surface area contributed by atoms with Crippen LogP contribution in [-0.4, -0.2) is 14.5 Å². The highest BCUT2D eigenvalue weighted by Gasteiger charge is 2.14. The molecular formula is C15H21N3S. The lowest BCUT2D eigenvalue weighted by atomic mass is 10.0. The fraction of sp³-hybridized carbons (Fsp3) is 0.600. The van der Waals surface area contributed by atoms with E-state index in [1.807, 2.05) is 6.20 Å². The maximum absolute atomic E-state index is 5.41. The molecule has 0 aromatic carbocycles. The molecule has 2 aromatic heterocycles. The molecule has 0 bridgehead atoms. The second-order valence-electron chi connectivity index (χ2n) is 5.76. The molecule has 0 unspecified atom stereocenters. The molecule has 4 heteroatoms. The van der Waals surface area contributed by atoms with Gasteiger partial charge in [-0.15, -0.1) is 0 Å². The summed E-state index contributed by atoms with van der Waals surface area (Å²) in [4.78, 5) is 7.78. The predicted molar refractivity (Wildman–Crippen MR) is 80.8 cm³/mol. The quantitative estimate of drug-likeness (QED) is 0.840. The van der Waals surface area contributed by atoms with Gasteiger partial charge in [0.05, 0.1) is 5.52 Å². The number of aryl methyl sites for hydroxylation is 2. The third kappa shape index (κ3) is 2.73. The lowest BCUT2D eigenvalue weighted by Gasteiger charge is -2.09. The third-order valence-corrected chi connectivity index (χ3v) is 4.54. The first kappa shape index (κ1) is 12.9. The van der Waals surface area contributed by atoms with Crippen LogP contribution in [0.5, 0.6) is 0 Å². The molecule has 2 aromatic rings. The van der Waals surface area contributed by atoms with E-state index in [-0.39, 0.29) is 0 Å². The summed E-state index contributed by atoms with van der Waals surface area (Å²) < 4.78 is 2.96. The lowest BCUT2D eigenvalue weighted by Crippen LogP contribution is -2.02. The number of nitrogens with one attached hydrogen (secondary N) is 1. The fourth-order valence-electron chi connectivity index (χ4n) is 3.19. The smallest absolute Gasteiger partial charge is 0.179 e. The molecule has 0 saturated heterocycles. The Labute approximate surface area is 119 Å². The van der Waals surface area contributed by atoms with Crippen molar-refractivity contribution in [2.45, 2.75) is 52.0 Å². The van der Waals surface area contributed by atoms with E-state index >= 15 is 0 Å². The molecule has 0 radical (unpaired) electrons. The monoisotopic (exact) mass is 275 g/mol. The van der Waals surface area contributed by atoms with Gasteiger partial charge in [0.2, 0.25) is 0 Å². The summed E-state index contributed by atoms with van der Waals surface area (Å²) in [6.45, 7) is 3.05. The first-order valence-electron chi connectivity index (χ1n) is 7.29.